The van der Waals surface area contributed by atoms with E-state index in [9.17, 15) is 19.1 Å². The molecule has 3 aliphatic heterocycles. The first-order chi connectivity index (χ1) is 15.8. The molecule has 0 radical (unpaired) electrons. The Morgan fingerprint density at radius 2 is 2.12 bits per heavy atom. The van der Waals surface area contributed by atoms with E-state index in [2.05, 4.69) is 0 Å². The van der Waals surface area contributed by atoms with Gasteiger partial charge < -0.3 is 14.4 Å². The summed E-state index contributed by atoms with van der Waals surface area (Å²) in [6.45, 7) is 3.83. The number of esters is 1. The molecule has 0 amide bonds. The maximum Gasteiger partial charge on any atom is 0.343 e. The standard InChI is InChI=1S/C25H23FN2O4Si/c1-3-25(31)14-6-17-21-12(8-28(17)23(29)13(14)9-32-24(25)30)20-19-11(4-5-18-22(20)33-18)10(2)15(26)7-16(19)27-21/h6-7,18,22,31H,3-5,8-9,33H2,1-2H3/t18?,22?,25-/m0/s1. The third-order valence-electron chi connectivity index (χ3n) is 8.40. The van der Waals surface area contributed by atoms with Crippen molar-refractivity contribution in [2.75, 3.05) is 0 Å². The van der Waals surface area contributed by atoms with E-state index in [0.717, 1.165) is 34.9 Å². The minimum absolute atomic E-state index is 0.105. The minimum Gasteiger partial charge on any atom is -0.458 e. The van der Waals surface area contributed by atoms with Gasteiger partial charge in [-0.05, 0) is 60.0 Å². The highest BCUT2D eigenvalue weighted by atomic mass is 28.2. The molecule has 8 heteroatoms. The molecule has 3 atom stereocenters. The average Bonchev–Trinajstić information content (AvgIpc) is 3.50. The van der Waals surface area contributed by atoms with Gasteiger partial charge in [-0.15, -0.1) is 0 Å². The number of rotatable bonds is 1. The molecule has 1 aromatic carbocycles. The molecule has 7 rings (SSSR count). The lowest BCUT2D eigenvalue weighted by atomic mass is 9.86. The maximum atomic E-state index is 14.8. The van der Waals surface area contributed by atoms with Crippen LogP contribution in [0.4, 0.5) is 4.39 Å². The molecule has 3 aromatic rings. The maximum absolute atomic E-state index is 14.8. The zero-order chi connectivity index (χ0) is 22.8. The lowest BCUT2D eigenvalue weighted by Crippen LogP contribution is -2.44. The number of aryl methyl sites for hydroxylation is 1. The number of cyclic esters (lactones) is 1. The first-order valence-corrected chi connectivity index (χ1v) is 13.3. The largest absolute Gasteiger partial charge is 0.458 e. The number of aromatic nitrogens is 2. The van der Waals surface area contributed by atoms with Crippen LogP contribution in [0.1, 0.15) is 58.7 Å². The van der Waals surface area contributed by atoms with Crippen molar-refractivity contribution in [3.8, 4) is 11.4 Å². The number of carbonyl (C=O) groups excluding carboxylic acids is 1. The zero-order valence-corrected chi connectivity index (χ0v) is 19.9. The molecule has 5 heterocycles. The van der Waals surface area contributed by atoms with E-state index < -0.39 is 11.6 Å². The second-order valence-electron chi connectivity index (χ2n) is 9.95. The van der Waals surface area contributed by atoms with Crippen LogP contribution in [0.25, 0.3) is 22.3 Å². The van der Waals surface area contributed by atoms with Crippen LogP contribution in [0.2, 0.25) is 5.54 Å². The Morgan fingerprint density at radius 3 is 2.91 bits per heavy atom. The summed E-state index contributed by atoms with van der Waals surface area (Å²) >= 11 is 0. The Bertz CT molecular complexity index is 1510. The quantitative estimate of drug-likeness (QED) is 0.347. The average molecular weight is 463 g/mol. The van der Waals surface area contributed by atoms with Crippen LogP contribution in [0, 0.1) is 12.7 Å². The predicted octanol–water partition coefficient (Wildman–Crippen LogP) is 2.49. The van der Waals surface area contributed by atoms with E-state index in [4.69, 9.17) is 9.72 Å². The molecule has 33 heavy (non-hydrogen) atoms. The SMILES string of the molecule is CC[C@@]1(O)C(=O)OCc2c1cc1n(c2=O)Cc2c-1nc1cc(F)c(C)c3c1c2C1[SiH2]C1CC3. The molecule has 0 saturated carbocycles. The van der Waals surface area contributed by atoms with Crippen LogP contribution < -0.4 is 5.56 Å². The summed E-state index contributed by atoms with van der Waals surface area (Å²) in [5.41, 5.74) is 5.85. The number of hydrogen-bond acceptors (Lipinski definition) is 5. The van der Waals surface area contributed by atoms with Gasteiger partial charge in [0.2, 0.25) is 0 Å². The van der Waals surface area contributed by atoms with Crippen molar-refractivity contribution in [2.45, 2.75) is 62.9 Å². The summed E-state index contributed by atoms with van der Waals surface area (Å²) in [5, 5.41) is 12.2. The van der Waals surface area contributed by atoms with Gasteiger partial charge in [-0.1, -0.05) is 6.92 Å². The minimum atomic E-state index is -1.85. The Hall–Kier alpha value is -2.84. The van der Waals surface area contributed by atoms with Crippen LogP contribution in [-0.2, 0) is 34.7 Å². The Morgan fingerprint density at radius 1 is 1.30 bits per heavy atom. The lowest BCUT2D eigenvalue weighted by Gasteiger charge is -2.31. The number of carbonyl (C=O) groups is 1. The van der Waals surface area contributed by atoms with Gasteiger partial charge in [0.25, 0.3) is 5.56 Å². The Balaban J connectivity index is 1.56. The highest BCUT2D eigenvalue weighted by Crippen LogP contribution is 2.55. The van der Waals surface area contributed by atoms with Crippen molar-refractivity contribution in [3.05, 3.63) is 61.7 Å². The first kappa shape index (κ1) is 19.6. The van der Waals surface area contributed by atoms with Crippen molar-refractivity contribution in [3.63, 3.8) is 0 Å². The molecule has 168 valence electrons. The smallest absolute Gasteiger partial charge is 0.343 e. The second-order valence-corrected chi connectivity index (χ2v) is 12.4. The van der Waals surface area contributed by atoms with Crippen molar-refractivity contribution in [2.24, 2.45) is 0 Å². The summed E-state index contributed by atoms with van der Waals surface area (Å²) in [5.74, 6) is -0.972. The van der Waals surface area contributed by atoms with Crippen LogP contribution in [0.5, 0.6) is 0 Å². The zero-order valence-electron chi connectivity index (χ0n) is 18.5. The van der Waals surface area contributed by atoms with Crippen molar-refractivity contribution < 1.29 is 19.0 Å². The highest BCUT2D eigenvalue weighted by molar-refractivity contribution is 6.54. The highest BCUT2D eigenvalue weighted by Gasteiger charge is 2.47. The van der Waals surface area contributed by atoms with Gasteiger partial charge >= 0.3 is 5.97 Å². The first-order valence-electron chi connectivity index (χ1n) is 11.6. The molecule has 6 nitrogen and oxygen atoms in total. The second kappa shape index (κ2) is 6.18. The van der Waals surface area contributed by atoms with E-state index in [-0.39, 0.29) is 33.9 Å². The van der Waals surface area contributed by atoms with E-state index in [1.54, 1.807) is 17.6 Å². The molecule has 1 aliphatic carbocycles. The van der Waals surface area contributed by atoms with Gasteiger partial charge in [-0.3, -0.25) is 4.79 Å². The van der Waals surface area contributed by atoms with Crippen LogP contribution in [-0.4, -0.2) is 30.1 Å². The predicted molar refractivity (Wildman–Crippen MR) is 123 cm³/mol. The molecule has 2 unspecified atom stereocenters. The van der Waals surface area contributed by atoms with Crippen LogP contribution in [0.3, 0.4) is 0 Å². The number of nitrogens with zero attached hydrogens (tertiary/aromatic N) is 2. The lowest BCUT2D eigenvalue weighted by molar-refractivity contribution is -0.172. The number of halogens is 1. The van der Waals surface area contributed by atoms with Crippen molar-refractivity contribution in [1.29, 1.82) is 0 Å². The number of benzene rings is 1. The molecule has 2 aromatic heterocycles. The van der Waals surface area contributed by atoms with Crippen molar-refractivity contribution >= 4 is 26.4 Å². The summed E-state index contributed by atoms with van der Waals surface area (Å²) in [4.78, 5) is 30.8. The summed E-state index contributed by atoms with van der Waals surface area (Å²) in [6, 6.07) is 3.27. The third-order valence-corrected chi connectivity index (χ3v) is 10.8. The number of fused-ring (bicyclic) bond motifs is 7. The molecular weight excluding hydrogens is 439 g/mol. The van der Waals surface area contributed by atoms with Gasteiger partial charge in [0, 0.05) is 32.1 Å². The molecule has 0 bridgehead atoms. The summed E-state index contributed by atoms with van der Waals surface area (Å²) < 4.78 is 21.7. The molecule has 0 spiro atoms. The molecular formula is C25H23FN2O4Si. The number of aliphatic hydroxyl groups is 1. The monoisotopic (exact) mass is 462 g/mol. The van der Waals surface area contributed by atoms with Gasteiger partial charge in [0.1, 0.15) is 12.4 Å². The van der Waals surface area contributed by atoms with E-state index in [1.807, 2.05) is 6.92 Å². The number of pyridine rings is 2. The van der Waals surface area contributed by atoms with E-state index >= 15 is 0 Å². The fraction of sp³-hybridized carbons (Fsp3) is 0.400. The fourth-order valence-corrected chi connectivity index (χ4v) is 8.49. The Kier molecular flexibility index (Phi) is 3.67. The molecule has 4 aliphatic rings. The van der Waals surface area contributed by atoms with Crippen molar-refractivity contribution in [1.82, 2.24) is 9.55 Å². The summed E-state index contributed by atoms with van der Waals surface area (Å²) in [6.07, 6.45) is 2.09. The third kappa shape index (κ3) is 2.33. The van der Waals surface area contributed by atoms with Crippen LogP contribution >= 0.6 is 0 Å². The van der Waals surface area contributed by atoms with Crippen LogP contribution in [0.15, 0.2) is 16.9 Å². The Labute approximate surface area is 191 Å². The fourth-order valence-electron chi connectivity index (χ4n) is 6.40. The van der Waals surface area contributed by atoms with Gasteiger partial charge in [0.05, 0.1) is 29.0 Å². The van der Waals surface area contributed by atoms with E-state index in [0.29, 0.717) is 45.7 Å². The molecule has 1 fully saturated rings. The summed E-state index contributed by atoms with van der Waals surface area (Å²) in [7, 11) is -0.240. The number of ether oxygens (including phenoxy) is 1. The molecule has 1 N–H and O–H groups in total. The van der Waals surface area contributed by atoms with Gasteiger partial charge in [-0.25, -0.2) is 14.2 Å². The normalized spacial score (nSPS) is 27.0. The van der Waals surface area contributed by atoms with Gasteiger partial charge in [0.15, 0.2) is 5.60 Å². The van der Waals surface area contributed by atoms with Gasteiger partial charge in [-0.2, -0.15) is 0 Å². The topological polar surface area (TPSA) is 81.4 Å². The van der Waals surface area contributed by atoms with E-state index in [1.165, 1.54) is 11.6 Å². The number of hydrogen-bond donors (Lipinski definition) is 1. The molecule has 1 saturated heterocycles.